The van der Waals surface area contributed by atoms with E-state index in [4.69, 9.17) is 28.4 Å². The molecule has 1 aliphatic heterocycles. The molecule has 0 amide bonds. The minimum absolute atomic E-state index is 0.159. The first-order chi connectivity index (χ1) is 25.1. The minimum Gasteiger partial charge on any atom is -0.453 e. The van der Waals surface area contributed by atoms with Crippen molar-refractivity contribution >= 4 is 5.97 Å². The van der Waals surface area contributed by atoms with Crippen LogP contribution in [0.1, 0.15) is 32.6 Å². The molecule has 7 rings (SSSR count). The second-order valence-electron chi connectivity index (χ2n) is 12.9. The number of carbonyl (C=O) groups is 1. The summed E-state index contributed by atoms with van der Waals surface area (Å²) in [7, 11) is 0. The van der Waals surface area contributed by atoms with Crippen molar-refractivity contribution in [1.29, 1.82) is 0 Å². The summed E-state index contributed by atoms with van der Waals surface area (Å²) in [4.78, 5) is 13.9. The van der Waals surface area contributed by atoms with Crippen LogP contribution < -0.4 is 0 Å². The Labute approximate surface area is 298 Å². The zero-order valence-electron chi connectivity index (χ0n) is 28.2. The van der Waals surface area contributed by atoms with Crippen LogP contribution in [-0.2, 0) is 54.8 Å². The molecule has 1 aliphatic carbocycles. The largest absolute Gasteiger partial charge is 0.453 e. The molecule has 0 radical (unpaired) electrons. The molecule has 51 heavy (non-hydrogen) atoms. The predicted octanol–water partition coefficient (Wildman–Crippen LogP) is 6.70. The number of hydrogen-bond donors (Lipinski definition) is 1. The molecule has 5 aromatic rings. The maximum absolute atomic E-state index is 13.9. The van der Waals surface area contributed by atoms with Gasteiger partial charge in [-0.05, 0) is 34.4 Å². The normalized spacial score (nSPS) is 25.6. The van der Waals surface area contributed by atoms with E-state index in [0.29, 0.717) is 5.56 Å². The van der Waals surface area contributed by atoms with Gasteiger partial charge < -0.3 is 33.5 Å². The lowest BCUT2D eigenvalue weighted by atomic mass is 9.72. The molecule has 7 atom stereocenters. The van der Waals surface area contributed by atoms with Crippen molar-refractivity contribution in [2.45, 2.75) is 68.7 Å². The summed E-state index contributed by atoms with van der Waals surface area (Å²) >= 11 is 0. The van der Waals surface area contributed by atoms with Gasteiger partial charge in [0.1, 0.15) is 30.5 Å². The highest BCUT2D eigenvalue weighted by atomic mass is 16.6. The Morgan fingerprint density at radius 2 is 0.882 bits per heavy atom. The number of aliphatic hydroxyl groups is 1. The second kappa shape index (κ2) is 16.6. The summed E-state index contributed by atoms with van der Waals surface area (Å²) < 4.78 is 39.2. The predicted molar refractivity (Wildman–Crippen MR) is 190 cm³/mol. The molecule has 1 heterocycles. The fraction of sp³-hybridized carbons (Fsp3) is 0.279. The number of epoxide rings is 1. The molecule has 1 saturated carbocycles. The van der Waals surface area contributed by atoms with E-state index in [0.717, 1.165) is 22.3 Å². The fourth-order valence-corrected chi connectivity index (χ4v) is 6.66. The smallest absolute Gasteiger partial charge is 0.338 e. The van der Waals surface area contributed by atoms with Gasteiger partial charge in [-0.1, -0.05) is 140 Å². The lowest BCUT2D eigenvalue weighted by Crippen LogP contribution is -2.75. The van der Waals surface area contributed by atoms with E-state index in [9.17, 15) is 9.90 Å². The summed E-state index contributed by atoms with van der Waals surface area (Å²) in [5, 5.41) is 13.1. The molecule has 8 nitrogen and oxygen atoms in total. The SMILES string of the molecule is O=C(O[C@@H]1[C@@H](OCc2ccccc2)[C@H](OCc2ccccc2)[C@@H](OCc2ccccc2)[C@H](OCc2ccccc2)[C@@]1(O)C1CO1)c1ccccc1. The van der Waals surface area contributed by atoms with Crippen molar-refractivity contribution in [2.24, 2.45) is 0 Å². The van der Waals surface area contributed by atoms with E-state index >= 15 is 0 Å². The van der Waals surface area contributed by atoms with Crippen molar-refractivity contribution < 1.29 is 38.3 Å². The first-order valence-electron chi connectivity index (χ1n) is 17.3. The Morgan fingerprint density at radius 1 is 0.529 bits per heavy atom. The number of ether oxygens (including phenoxy) is 6. The average molecular weight is 687 g/mol. The summed E-state index contributed by atoms with van der Waals surface area (Å²) in [6, 6.07) is 47.8. The third kappa shape index (κ3) is 8.45. The molecule has 262 valence electrons. The van der Waals surface area contributed by atoms with Gasteiger partial charge in [0.25, 0.3) is 0 Å². The van der Waals surface area contributed by atoms with Gasteiger partial charge in [-0.15, -0.1) is 0 Å². The maximum Gasteiger partial charge on any atom is 0.338 e. The number of hydrogen-bond acceptors (Lipinski definition) is 8. The molecule has 8 heteroatoms. The van der Waals surface area contributed by atoms with E-state index in [2.05, 4.69) is 0 Å². The molecule has 0 spiro atoms. The van der Waals surface area contributed by atoms with Gasteiger partial charge in [0.05, 0.1) is 38.6 Å². The van der Waals surface area contributed by atoms with Crippen LogP contribution in [0.5, 0.6) is 0 Å². The standard InChI is InChI=1S/C43H42O8/c44-42(35-24-14-5-15-25-35)51-41-39(49-28-33-20-10-3-11-21-33)37(47-26-31-16-6-1-7-17-31)38(48-27-32-18-8-2-9-19-32)40(43(41,45)36-30-46-36)50-29-34-22-12-4-13-23-34/h1-25,36-41,45H,26-30H2/t36?,37-,38-,39+,40+,41-,43+/m1/s1. The second-order valence-corrected chi connectivity index (χ2v) is 12.9. The average Bonchev–Trinajstić information content (AvgIpc) is 4.05. The van der Waals surface area contributed by atoms with E-state index in [1.54, 1.807) is 24.3 Å². The Balaban J connectivity index is 1.32. The lowest BCUT2D eigenvalue weighted by Gasteiger charge is -2.53. The van der Waals surface area contributed by atoms with Gasteiger partial charge in [0.2, 0.25) is 0 Å². The number of rotatable bonds is 15. The van der Waals surface area contributed by atoms with Crippen molar-refractivity contribution in [3.05, 3.63) is 179 Å². The quantitative estimate of drug-likeness (QED) is 0.0961. The molecule has 1 unspecified atom stereocenters. The highest BCUT2D eigenvalue weighted by Gasteiger charge is 2.69. The van der Waals surface area contributed by atoms with Gasteiger partial charge >= 0.3 is 5.97 Å². The third-order valence-electron chi connectivity index (χ3n) is 9.38. The molecule has 0 aromatic heterocycles. The van der Waals surface area contributed by atoms with Gasteiger partial charge in [-0.25, -0.2) is 4.79 Å². The van der Waals surface area contributed by atoms with Crippen LogP contribution in [0.15, 0.2) is 152 Å². The van der Waals surface area contributed by atoms with Gasteiger partial charge in [-0.2, -0.15) is 0 Å². The fourth-order valence-electron chi connectivity index (χ4n) is 6.66. The first-order valence-corrected chi connectivity index (χ1v) is 17.3. The van der Waals surface area contributed by atoms with Crippen LogP contribution in [0.4, 0.5) is 0 Å². The topological polar surface area (TPSA) is 96.0 Å². The molecular formula is C43H42O8. The molecule has 1 saturated heterocycles. The number of benzene rings is 5. The van der Waals surface area contributed by atoms with Crippen LogP contribution >= 0.6 is 0 Å². The molecule has 5 aromatic carbocycles. The molecule has 0 bridgehead atoms. The minimum atomic E-state index is -1.88. The van der Waals surface area contributed by atoms with Gasteiger partial charge in [0, 0.05) is 0 Å². The highest BCUT2D eigenvalue weighted by Crippen LogP contribution is 2.45. The Hall–Kier alpha value is -4.67. The summed E-state index contributed by atoms with van der Waals surface area (Å²) in [5.74, 6) is -0.611. The van der Waals surface area contributed by atoms with Gasteiger partial charge in [-0.3, -0.25) is 0 Å². The first kappa shape index (κ1) is 34.8. The summed E-state index contributed by atoms with van der Waals surface area (Å²) in [6.07, 6.45) is -5.76. The molecular weight excluding hydrogens is 644 g/mol. The highest BCUT2D eigenvalue weighted by molar-refractivity contribution is 5.89. The van der Waals surface area contributed by atoms with Crippen LogP contribution in [0, 0.1) is 0 Å². The Bertz CT molecular complexity index is 1790. The van der Waals surface area contributed by atoms with Crippen molar-refractivity contribution in [3.63, 3.8) is 0 Å². The van der Waals surface area contributed by atoms with E-state index in [1.165, 1.54) is 0 Å². The summed E-state index contributed by atoms with van der Waals surface area (Å²) in [6.45, 7) is 0.993. The monoisotopic (exact) mass is 686 g/mol. The molecule has 2 aliphatic rings. The van der Waals surface area contributed by atoms with E-state index in [1.807, 2.05) is 127 Å². The van der Waals surface area contributed by atoms with E-state index in [-0.39, 0.29) is 33.0 Å². The van der Waals surface area contributed by atoms with Crippen LogP contribution in [0.3, 0.4) is 0 Å². The van der Waals surface area contributed by atoms with Crippen molar-refractivity contribution in [1.82, 2.24) is 0 Å². The Kier molecular flexibility index (Phi) is 11.3. The summed E-state index contributed by atoms with van der Waals surface area (Å²) in [5.41, 5.74) is 2.14. The third-order valence-corrected chi connectivity index (χ3v) is 9.38. The van der Waals surface area contributed by atoms with Crippen molar-refractivity contribution in [3.8, 4) is 0 Å². The van der Waals surface area contributed by atoms with Gasteiger partial charge in [0.15, 0.2) is 11.7 Å². The van der Waals surface area contributed by atoms with Crippen molar-refractivity contribution in [2.75, 3.05) is 6.61 Å². The Morgan fingerprint density at radius 3 is 1.29 bits per heavy atom. The maximum atomic E-state index is 13.9. The van der Waals surface area contributed by atoms with Crippen LogP contribution in [0.2, 0.25) is 0 Å². The molecule has 1 N–H and O–H groups in total. The van der Waals surface area contributed by atoms with Crippen LogP contribution in [0.25, 0.3) is 0 Å². The van der Waals surface area contributed by atoms with E-state index < -0.39 is 48.2 Å². The zero-order chi connectivity index (χ0) is 34.9. The number of carbonyl (C=O) groups excluding carboxylic acids is 1. The zero-order valence-corrected chi connectivity index (χ0v) is 28.2. The van der Waals surface area contributed by atoms with Crippen LogP contribution in [-0.4, -0.2) is 59.9 Å². The molecule has 2 fully saturated rings. The lowest BCUT2D eigenvalue weighted by molar-refractivity contribution is -0.310. The number of esters is 1.